The molecule has 2 N–H and O–H groups in total. The zero-order valence-electron chi connectivity index (χ0n) is 12.4. The third kappa shape index (κ3) is 3.08. The van der Waals surface area contributed by atoms with Crippen LogP contribution in [0.5, 0.6) is 0 Å². The van der Waals surface area contributed by atoms with Gasteiger partial charge in [0.1, 0.15) is 0 Å². The fourth-order valence-electron chi connectivity index (χ4n) is 2.32. The van der Waals surface area contributed by atoms with Gasteiger partial charge in [0, 0.05) is 5.69 Å². The van der Waals surface area contributed by atoms with Crippen LogP contribution in [0.25, 0.3) is 0 Å². The molecule has 1 atom stereocenters. The number of nitrogens with one attached hydrogen (secondary N) is 1. The van der Waals surface area contributed by atoms with Gasteiger partial charge in [-0.2, -0.15) is 26.9 Å². The van der Waals surface area contributed by atoms with Gasteiger partial charge in [-0.25, -0.2) is 0 Å². The van der Waals surface area contributed by atoms with Gasteiger partial charge in [-0.15, -0.1) is 0 Å². The van der Waals surface area contributed by atoms with Gasteiger partial charge in [-0.1, -0.05) is 0 Å². The zero-order chi connectivity index (χ0) is 18.5. The van der Waals surface area contributed by atoms with Crippen molar-refractivity contribution in [3.63, 3.8) is 0 Å². The third-order valence-corrected chi connectivity index (χ3v) is 4.35. The molecule has 0 aliphatic carbocycles. The Kier molecular flexibility index (Phi) is 4.12. The summed E-state index contributed by atoms with van der Waals surface area (Å²) in [6, 6.07) is 3.72. The lowest BCUT2D eigenvalue weighted by Gasteiger charge is -2.23. The molecule has 0 saturated carbocycles. The number of carbonyl (C=O) groups is 1. The number of alkyl halides is 3. The highest BCUT2D eigenvalue weighted by Gasteiger charge is 2.51. The molecule has 1 fully saturated rings. The quantitative estimate of drug-likeness (QED) is 0.770. The first-order valence-electron chi connectivity index (χ1n) is 6.48. The molecule has 1 aliphatic heterocycles. The van der Waals surface area contributed by atoms with Crippen LogP contribution in [0.15, 0.2) is 18.2 Å². The van der Waals surface area contributed by atoms with Gasteiger partial charge in [0.15, 0.2) is 0 Å². The van der Waals surface area contributed by atoms with Gasteiger partial charge in [-0.3, -0.25) is 19.6 Å². The number of hydrogen-bond acceptors (Lipinski definition) is 5. The largest absolute Gasteiger partial charge is 0.417 e. The number of nitriles is 1. The molecule has 1 aromatic carbocycles. The van der Waals surface area contributed by atoms with Gasteiger partial charge in [-0.05, 0) is 32.0 Å². The average Bonchev–Trinajstić information content (AvgIpc) is 2.68. The van der Waals surface area contributed by atoms with Gasteiger partial charge in [0.2, 0.25) is 11.4 Å². The zero-order valence-corrected chi connectivity index (χ0v) is 13.2. The first-order valence-corrected chi connectivity index (χ1v) is 7.98. The number of amides is 1. The topological polar surface area (TPSA) is 110 Å². The van der Waals surface area contributed by atoms with Crippen molar-refractivity contribution in [3.8, 4) is 6.07 Å². The molecule has 1 aromatic rings. The predicted octanol–water partition coefficient (Wildman–Crippen LogP) is 1.46. The minimum atomic E-state index is -4.87. The molecule has 2 rings (SSSR count). The number of halogens is 3. The second-order valence-electron chi connectivity index (χ2n) is 5.65. The van der Waals surface area contributed by atoms with Gasteiger partial charge in [0.25, 0.3) is 0 Å². The molecule has 1 saturated heterocycles. The molecule has 1 amide bonds. The SMILES string of the molecule is CC1(C)NC(S(=O)(=O)O)N(c2ccc(C#N)c(C(F)(F)F)c2)C1=O. The van der Waals surface area contributed by atoms with Crippen LogP contribution in [-0.2, 0) is 21.1 Å². The maximum absolute atomic E-state index is 13.0. The van der Waals surface area contributed by atoms with Crippen molar-refractivity contribution in [2.75, 3.05) is 4.90 Å². The number of nitrogens with zero attached hydrogens (tertiary/aromatic N) is 2. The smallest absolute Gasteiger partial charge is 0.283 e. The Balaban J connectivity index is 2.65. The van der Waals surface area contributed by atoms with Crippen LogP contribution in [0.4, 0.5) is 18.9 Å². The van der Waals surface area contributed by atoms with Gasteiger partial charge < -0.3 is 0 Å². The van der Waals surface area contributed by atoms with E-state index in [1.165, 1.54) is 19.9 Å². The van der Waals surface area contributed by atoms with Crippen molar-refractivity contribution >= 4 is 21.7 Å². The number of anilines is 1. The Hall–Kier alpha value is -2.16. The molecule has 0 bridgehead atoms. The van der Waals surface area contributed by atoms with Crippen molar-refractivity contribution in [3.05, 3.63) is 29.3 Å². The lowest BCUT2D eigenvalue weighted by molar-refractivity contribution is -0.137. The fourth-order valence-corrected chi connectivity index (χ4v) is 3.24. The summed E-state index contributed by atoms with van der Waals surface area (Å²) in [4.78, 5) is 12.9. The van der Waals surface area contributed by atoms with E-state index in [0.717, 1.165) is 12.1 Å². The summed E-state index contributed by atoms with van der Waals surface area (Å²) in [6.45, 7) is 2.64. The summed E-state index contributed by atoms with van der Waals surface area (Å²) in [5, 5.41) is 11.1. The number of benzene rings is 1. The van der Waals surface area contributed by atoms with Crippen molar-refractivity contribution in [1.29, 1.82) is 5.26 Å². The lowest BCUT2D eigenvalue weighted by Crippen LogP contribution is -2.45. The average molecular weight is 363 g/mol. The fraction of sp³-hybridized carbons (Fsp3) is 0.385. The molecular weight excluding hydrogens is 351 g/mol. The van der Waals surface area contributed by atoms with Crippen LogP contribution in [0, 0.1) is 11.3 Å². The van der Waals surface area contributed by atoms with Gasteiger partial charge >= 0.3 is 16.3 Å². The van der Waals surface area contributed by atoms with E-state index in [1.54, 1.807) is 0 Å². The second-order valence-corrected chi connectivity index (χ2v) is 7.13. The summed E-state index contributed by atoms with van der Waals surface area (Å²) in [5.74, 6) is -0.844. The number of rotatable bonds is 2. The maximum atomic E-state index is 13.0. The molecule has 24 heavy (non-hydrogen) atoms. The highest BCUT2D eigenvalue weighted by atomic mass is 32.2. The van der Waals surface area contributed by atoms with Crippen LogP contribution in [0.3, 0.4) is 0 Å². The van der Waals surface area contributed by atoms with Crippen molar-refractivity contribution in [1.82, 2.24) is 5.32 Å². The molecule has 11 heteroatoms. The Morgan fingerprint density at radius 1 is 1.38 bits per heavy atom. The normalized spacial score (nSPS) is 21.0. The van der Waals surface area contributed by atoms with Crippen molar-refractivity contribution < 1.29 is 30.9 Å². The monoisotopic (exact) mass is 363 g/mol. The van der Waals surface area contributed by atoms with E-state index >= 15 is 0 Å². The summed E-state index contributed by atoms with van der Waals surface area (Å²) in [7, 11) is -4.82. The molecular formula is C13H12F3N3O4S. The van der Waals surface area contributed by atoms with Crippen molar-refractivity contribution in [2.24, 2.45) is 0 Å². The highest BCUT2D eigenvalue weighted by Crippen LogP contribution is 2.36. The molecule has 1 aliphatic rings. The first-order chi connectivity index (χ1) is 10.8. The van der Waals surface area contributed by atoms with E-state index in [9.17, 15) is 30.9 Å². The van der Waals surface area contributed by atoms with Crippen LogP contribution < -0.4 is 10.2 Å². The minimum absolute atomic E-state index is 0.410. The van der Waals surface area contributed by atoms with E-state index in [4.69, 9.17) is 5.26 Å². The van der Waals surface area contributed by atoms with E-state index in [1.807, 2.05) is 0 Å². The second kappa shape index (κ2) is 5.44. The maximum Gasteiger partial charge on any atom is 0.417 e. The van der Waals surface area contributed by atoms with Crippen LogP contribution >= 0.6 is 0 Å². The summed E-state index contributed by atoms with van der Waals surface area (Å²) < 4.78 is 71.4. The molecule has 1 unspecified atom stereocenters. The number of hydrogen-bond donors (Lipinski definition) is 2. The van der Waals surface area contributed by atoms with Crippen molar-refractivity contribution in [2.45, 2.75) is 31.1 Å². The Morgan fingerprint density at radius 3 is 2.42 bits per heavy atom. The standard InChI is InChI=1S/C13H12F3N3O4S/c1-12(2)10(20)19(11(18-12)24(21,22)23)8-4-3-7(6-17)9(5-8)13(14,15)16/h3-5,11,18H,1-2H3,(H,21,22,23). The molecule has 0 spiro atoms. The lowest BCUT2D eigenvalue weighted by atomic mass is 10.0. The third-order valence-electron chi connectivity index (χ3n) is 3.46. The first kappa shape index (κ1) is 18.2. The Morgan fingerprint density at radius 2 is 1.96 bits per heavy atom. The van der Waals surface area contributed by atoms with Gasteiger partial charge in [0.05, 0.1) is 22.7 Å². The Bertz CT molecular complexity index is 843. The summed E-state index contributed by atoms with van der Waals surface area (Å²) >= 11 is 0. The molecule has 130 valence electrons. The van der Waals surface area contributed by atoms with Crippen LogP contribution in [-0.4, -0.2) is 29.9 Å². The van der Waals surface area contributed by atoms with E-state index in [2.05, 4.69) is 5.32 Å². The van der Waals surface area contributed by atoms with E-state index in [-0.39, 0.29) is 0 Å². The minimum Gasteiger partial charge on any atom is -0.283 e. The Labute approximate surface area is 135 Å². The van der Waals surface area contributed by atoms with Crippen LogP contribution in [0.1, 0.15) is 25.0 Å². The molecule has 0 aromatic heterocycles. The molecule has 7 nitrogen and oxygen atoms in total. The van der Waals surface area contributed by atoms with Crippen LogP contribution in [0.2, 0.25) is 0 Å². The number of carbonyl (C=O) groups excluding carboxylic acids is 1. The van der Waals surface area contributed by atoms with E-state index in [0.29, 0.717) is 11.0 Å². The summed E-state index contributed by atoms with van der Waals surface area (Å²) in [5.41, 5.74) is -5.75. The highest BCUT2D eigenvalue weighted by molar-refractivity contribution is 7.86. The van der Waals surface area contributed by atoms with E-state index < -0.39 is 50.1 Å². The summed E-state index contributed by atoms with van der Waals surface area (Å²) in [6.07, 6.45) is -4.87. The molecule has 0 radical (unpaired) electrons. The predicted molar refractivity (Wildman–Crippen MR) is 76.2 cm³/mol. The molecule has 1 heterocycles.